The zero-order valence-electron chi connectivity index (χ0n) is 15.3. The second kappa shape index (κ2) is 7.77. The Morgan fingerprint density at radius 3 is 2.96 bits per heavy atom. The monoisotopic (exact) mass is 361 g/mol. The summed E-state index contributed by atoms with van der Waals surface area (Å²) in [6.07, 6.45) is 5.52. The summed E-state index contributed by atoms with van der Waals surface area (Å²) in [4.78, 5) is 33.6. The quantitative estimate of drug-likeness (QED) is 0.827. The van der Waals surface area contributed by atoms with E-state index < -0.39 is 0 Å². The molecule has 6 heteroatoms. The van der Waals surface area contributed by atoms with E-state index in [9.17, 15) is 9.59 Å². The van der Waals surface area contributed by atoms with Crippen LogP contribution in [-0.2, 0) is 9.59 Å². The van der Waals surface area contributed by atoms with Gasteiger partial charge in [0.2, 0.25) is 11.8 Å². The van der Waals surface area contributed by atoms with Crippen LogP contribution in [0.1, 0.15) is 43.7 Å². The number of hydrogen-bond acceptors (Lipinski definition) is 4. The number of amides is 2. The van der Waals surface area contributed by atoms with Crippen LogP contribution in [-0.4, -0.2) is 57.4 Å². The molecule has 0 saturated carbocycles. The fourth-order valence-corrected chi connectivity index (χ4v) is 4.81. The number of likely N-dealkylation sites (tertiary alicyclic amines) is 1. The van der Waals surface area contributed by atoms with Crippen molar-refractivity contribution in [3.63, 3.8) is 0 Å². The van der Waals surface area contributed by atoms with Crippen LogP contribution in [0.3, 0.4) is 0 Å². The predicted octanol–water partition coefficient (Wildman–Crippen LogP) is 2.65. The number of hydrogen-bond donors (Lipinski definition) is 0. The van der Waals surface area contributed by atoms with Crippen molar-refractivity contribution in [1.82, 2.24) is 14.8 Å². The third kappa shape index (κ3) is 3.68. The Labute approximate surface area is 154 Å². The first-order valence-electron chi connectivity index (χ1n) is 9.10. The molecule has 25 heavy (non-hydrogen) atoms. The van der Waals surface area contributed by atoms with Crippen molar-refractivity contribution >= 4 is 23.6 Å². The summed E-state index contributed by atoms with van der Waals surface area (Å²) in [5, 5.41) is 0. The molecule has 0 aromatic carbocycles. The van der Waals surface area contributed by atoms with Gasteiger partial charge in [-0.05, 0) is 37.0 Å². The fraction of sp³-hybridized carbons (Fsp3) is 0.632. The summed E-state index contributed by atoms with van der Waals surface area (Å²) in [7, 11) is 0. The number of carbonyl (C=O) groups is 2. The molecule has 2 fully saturated rings. The summed E-state index contributed by atoms with van der Waals surface area (Å²) in [6.45, 7) is 7.57. The molecule has 3 atom stereocenters. The van der Waals surface area contributed by atoms with E-state index in [1.807, 2.05) is 37.2 Å². The normalized spacial score (nSPS) is 24.6. The van der Waals surface area contributed by atoms with Crippen molar-refractivity contribution in [1.29, 1.82) is 0 Å². The molecule has 2 aliphatic heterocycles. The molecule has 1 aromatic heterocycles. The molecule has 2 aliphatic rings. The number of thioether (sulfide) groups is 1. The third-order valence-electron chi connectivity index (χ3n) is 5.50. The van der Waals surface area contributed by atoms with E-state index >= 15 is 0 Å². The van der Waals surface area contributed by atoms with Crippen molar-refractivity contribution in [2.45, 2.75) is 45.6 Å². The summed E-state index contributed by atoms with van der Waals surface area (Å²) in [5.41, 5.74) is 2.48. The number of rotatable bonds is 4. The van der Waals surface area contributed by atoms with Gasteiger partial charge in [-0.1, -0.05) is 13.8 Å². The zero-order chi connectivity index (χ0) is 18.0. The van der Waals surface area contributed by atoms with E-state index in [4.69, 9.17) is 0 Å². The second-order valence-electron chi connectivity index (χ2n) is 7.14. The number of aryl methyl sites for hydroxylation is 1. The van der Waals surface area contributed by atoms with Crippen LogP contribution in [0.25, 0.3) is 0 Å². The number of nitrogens with zero attached hydrogens (tertiary/aromatic N) is 3. The molecule has 3 rings (SSSR count). The molecule has 0 bridgehead atoms. The minimum atomic E-state index is -0.291. The maximum Gasteiger partial charge on any atom is 0.246 e. The van der Waals surface area contributed by atoms with Gasteiger partial charge in [-0.25, -0.2) is 0 Å². The number of pyridine rings is 1. The fourth-order valence-electron chi connectivity index (χ4n) is 3.65. The van der Waals surface area contributed by atoms with Crippen LogP contribution in [0.5, 0.6) is 0 Å². The standard InChI is InChI=1S/C19H27N3O2S/c1-4-13(2)18(23)22-12-25-11-17(22)19(24)21-8-6-15(10-21)16-9-20-7-5-14(16)3/h5,7,9,13,15,17H,4,6,8,10-12H2,1-3H3/t13?,15?,17-/m0/s1. The molecule has 0 aliphatic carbocycles. The molecule has 136 valence electrons. The van der Waals surface area contributed by atoms with Gasteiger partial charge < -0.3 is 9.80 Å². The van der Waals surface area contributed by atoms with E-state index in [0.29, 0.717) is 17.5 Å². The highest BCUT2D eigenvalue weighted by Gasteiger charge is 2.40. The van der Waals surface area contributed by atoms with Gasteiger partial charge in [0.05, 0.1) is 5.88 Å². The van der Waals surface area contributed by atoms with Crippen molar-refractivity contribution in [2.24, 2.45) is 5.92 Å². The maximum absolute atomic E-state index is 13.0. The Morgan fingerprint density at radius 2 is 2.24 bits per heavy atom. The van der Waals surface area contributed by atoms with Crippen molar-refractivity contribution in [3.8, 4) is 0 Å². The van der Waals surface area contributed by atoms with E-state index in [-0.39, 0.29) is 23.8 Å². The lowest BCUT2D eigenvalue weighted by Crippen LogP contribution is -2.49. The van der Waals surface area contributed by atoms with Gasteiger partial charge in [0.1, 0.15) is 6.04 Å². The highest BCUT2D eigenvalue weighted by atomic mass is 32.2. The first-order valence-corrected chi connectivity index (χ1v) is 10.3. The Balaban J connectivity index is 1.67. The van der Waals surface area contributed by atoms with Crippen LogP contribution in [0.4, 0.5) is 0 Å². The molecular formula is C19H27N3O2S. The Morgan fingerprint density at radius 1 is 1.44 bits per heavy atom. The average Bonchev–Trinajstić information content (AvgIpc) is 3.29. The minimum absolute atomic E-state index is 0.0154. The largest absolute Gasteiger partial charge is 0.340 e. The van der Waals surface area contributed by atoms with Gasteiger partial charge in [-0.15, -0.1) is 11.8 Å². The molecule has 0 spiro atoms. The number of aromatic nitrogens is 1. The summed E-state index contributed by atoms with van der Waals surface area (Å²) in [6, 6.07) is 1.74. The van der Waals surface area contributed by atoms with Crippen molar-refractivity contribution in [2.75, 3.05) is 24.7 Å². The first kappa shape index (κ1) is 18.2. The summed E-state index contributed by atoms with van der Waals surface area (Å²) >= 11 is 1.68. The van der Waals surface area contributed by atoms with Gasteiger partial charge in [-0.3, -0.25) is 14.6 Å². The van der Waals surface area contributed by atoms with Crippen LogP contribution in [0.2, 0.25) is 0 Å². The Hall–Kier alpha value is -1.56. The van der Waals surface area contributed by atoms with Crippen LogP contribution in [0.15, 0.2) is 18.5 Å². The lowest BCUT2D eigenvalue weighted by atomic mass is 9.96. The lowest BCUT2D eigenvalue weighted by molar-refractivity contribution is -0.144. The van der Waals surface area contributed by atoms with Crippen molar-refractivity contribution < 1.29 is 9.59 Å². The summed E-state index contributed by atoms with van der Waals surface area (Å²) in [5.74, 6) is 1.92. The Kier molecular flexibility index (Phi) is 5.67. The summed E-state index contributed by atoms with van der Waals surface area (Å²) < 4.78 is 0. The molecule has 2 unspecified atom stereocenters. The maximum atomic E-state index is 13.0. The molecule has 5 nitrogen and oxygen atoms in total. The number of carbonyl (C=O) groups excluding carboxylic acids is 2. The smallest absolute Gasteiger partial charge is 0.246 e. The molecular weight excluding hydrogens is 334 g/mol. The van der Waals surface area contributed by atoms with Gasteiger partial charge >= 0.3 is 0 Å². The van der Waals surface area contributed by atoms with E-state index in [2.05, 4.69) is 11.9 Å². The Bertz CT molecular complexity index is 651. The third-order valence-corrected chi connectivity index (χ3v) is 6.52. The van der Waals surface area contributed by atoms with Crippen LogP contribution >= 0.6 is 11.8 Å². The van der Waals surface area contributed by atoms with Crippen LogP contribution in [0, 0.1) is 12.8 Å². The van der Waals surface area contributed by atoms with Gasteiger partial charge in [0, 0.05) is 43.1 Å². The average molecular weight is 362 g/mol. The second-order valence-corrected chi connectivity index (χ2v) is 8.13. The first-order chi connectivity index (χ1) is 12.0. The topological polar surface area (TPSA) is 53.5 Å². The van der Waals surface area contributed by atoms with E-state index in [0.717, 1.165) is 25.9 Å². The van der Waals surface area contributed by atoms with Gasteiger partial charge in [-0.2, -0.15) is 0 Å². The highest BCUT2D eigenvalue weighted by Crippen LogP contribution is 2.31. The zero-order valence-corrected chi connectivity index (χ0v) is 16.1. The van der Waals surface area contributed by atoms with E-state index in [1.54, 1.807) is 16.7 Å². The lowest BCUT2D eigenvalue weighted by Gasteiger charge is -2.29. The van der Waals surface area contributed by atoms with Gasteiger partial charge in [0.25, 0.3) is 0 Å². The molecule has 2 amide bonds. The molecule has 0 N–H and O–H groups in total. The minimum Gasteiger partial charge on any atom is -0.340 e. The molecule has 0 radical (unpaired) electrons. The predicted molar refractivity (Wildman–Crippen MR) is 100 cm³/mol. The highest BCUT2D eigenvalue weighted by molar-refractivity contribution is 7.99. The van der Waals surface area contributed by atoms with Gasteiger partial charge in [0.15, 0.2) is 0 Å². The van der Waals surface area contributed by atoms with E-state index in [1.165, 1.54) is 11.1 Å². The SMILES string of the molecule is CCC(C)C(=O)N1CSC[C@H]1C(=O)N1CCC(c2cnccc2C)C1. The van der Waals surface area contributed by atoms with Crippen molar-refractivity contribution in [3.05, 3.63) is 29.6 Å². The van der Waals surface area contributed by atoms with Crippen LogP contribution < -0.4 is 0 Å². The molecule has 3 heterocycles. The molecule has 1 aromatic rings. The molecule has 2 saturated heterocycles.